The van der Waals surface area contributed by atoms with Crippen LogP contribution in [-0.2, 0) is 6.54 Å². The smallest absolute Gasteiger partial charge is 0.453 e. The number of halogens is 5. The minimum atomic E-state index is -5.00. The predicted octanol–water partition coefficient (Wildman–Crippen LogP) is 4.40. The van der Waals surface area contributed by atoms with E-state index in [0.29, 0.717) is 16.7 Å². The molecule has 2 aromatic heterocycles. The van der Waals surface area contributed by atoms with Crippen LogP contribution in [0.25, 0.3) is 22.6 Å². The van der Waals surface area contributed by atoms with E-state index >= 15 is 0 Å². The third-order valence-electron chi connectivity index (χ3n) is 3.89. The van der Waals surface area contributed by atoms with E-state index < -0.39 is 23.7 Å². The second kappa shape index (κ2) is 7.04. The topological polar surface area (TPSA) is 88.9 Å². The van der Waals surface area contributed by atoms with Crippen molar-refractivity contribution in [2.75, 3.05) is 5.32 Å². The van der Waals surface area contributed by atoms with E-state index in [2.05, 4.69) is 30.7 Å². The number of alkyl halides is 3. The second-order valence-corrected chi connectivity index (χ2v) is 5.87. The number of nitrogens with zero attached hydrogens (tertiary/aromatic N) is 3. The number of aromatic amines is 1. The summed E-state index contributed by atoms with van der Waals surface area (Å²) >= 11 is 0. The van der Waals surface area contributed by atoms with Gasteiger partial charge in [-0.1, -0.05) is 0 Å². The van der Waals surface area contributed by atoms with Crippen molar-refractivity contribution in [1.29, 1.82) is 0 Å². The quantitative estimate of drug-likeness (QED) is 0.473. The second-order valence-electron chi connectivity index (χ2n) is 5.87. The largest absolute Gasteiger partial charge is 0.573 e. The van der Waals surface area contributed by atoms with E-state index in [1.165, 1.54) is 18.2 Å². The number of furan rings is 1. The zero-order chi connectivity index (χ0) is 20.6. The molecule has 4 rings (SSSR count). The molecule has 0 aliphatic heterocycles. The molecule has 150 valence electrons. The minimum absolute atomic E-state index is 0.0705. The molecule has 0 aliphatic rings. The fraction of sp³-hybridized carbons (Fsp3) is 0.118. The maximum Gasteiger partial charge on any atom is 0.573 e. The highest BCUT2D eigenvalue weighted by atomic mass is 19.4. The van der Waals surface area contributed by atoms with Crippen LogP contribution < -0.4 is 10.1 Å². The van der Waals surface area contributed by atoms with E-state index in [1.807, 2.05) is 0 Å². The molecule has 0 bridgehead atoms. The molecule has 0 amide bonds. The number of ether oxygens (including phenoxy) is 1. The lowest BCUT2D eigenvalue weighted by Crippen LogP contribution is -2.18. The number of aromatic nitrogens is 4. The monoisotopic (exact) mass is 411 g/mol. The SMILES string of the molecule is Fc1cc2cc(-c3nn[nH]n3)oc2cc1CNc1ccc(OC(F)(F)F)c(F)c1. The number of tetrazole rings is 1. The summed E-state index contributed by atoms with van der Waals surface area (Å²) in [5.74, 6) is -2.22. The molecule has 0 unspecified atom stereocenters. The molecule has 0 spiro atoms. The fourth-order valence-electron chi connectivity index (χ4n) is 2.63. The molecule has 7 nitrogen and oxygen atoms in total. The number of hydrogen-bond acceptors (Lipinski definition) is 6. The number of fused-ring (bicyclic) bond motifs is 1. The molecule has 0 aliphatic carbocycles. The van der Waals surface area contributed by atoms with Crippen LogP contribution in [0.2, 0.25) is 0 Å². The maximum atomic E-state index is 14.4. The van der Waals surface area contributed by atoms with Crippen LogP contribution in [0.5, 0.6) is 5.75 Å². The first-order valence-electron chi connectivity index (χ1n) is 8.03. The highest BCUT2D eigenvalue weighted by Gasteiger charge is 2.32. The standard InChI is InChI=1S/C17H10F5N5O2/c18-11-3-8-4-15(16-24-26-27-25-16)28-14(8)5-9(11)7-23-10-1-2-13(12(19)6-10)29-17(20,21)22/h1-6,23H,7H2,(H,24,25,26,27). The zero-order valence-electron chi connectivity index (χ0n) is 14.2. The molecule has 0 saturated heterocycles. The Kier molecular flexibility index (Phi) is 4.53. The van der Waals surface area contributed by atoms with Gasteiger partial charge in [-0.25, -0.2) is 8.78 Å². The van der Waals surface area contributed by atoms with Crippen molar-refractivity contribution in [2.24, 2.45) is 0 Å². The molecule has 4 aromatic rings. The predicted molar refractivity (Wildman–Crippen MR) is 89.8 cm³/mol. The van der Waals surface area contributed by atoms with Gasteiger partial charge in [-0.2, -0.15) is 5.21 Å². The Morgan fingerprint density at radius 2 is 1.90 bits per heavy atom. The molecular weight excluding hydrogens is 401 g/mol. The summed E-state index contributed by atoms with van der Waals surface area (Å²) in [6.07, 6.45) is -5.00. The Labute approximate surface area is 158 Å². The van der Waals surface area contributed by atoms with Gasteiger partial charge in [0.1, 0.15) is 11.4 Å². The van der Waals surface area contributed by atoms with Gasteiger partial charge in [0.2, 0.25) is 5.82 Å². The fourth-order valence-corrected chi connectivity index (χ4v) is 2.63. The molecular formula is C17H10F5N5O2. The van der Waals surface area contributed by atoms with Gasteiger partial charge in [-0.05, 0) is 35.5 Å². The highest BCUT2D eigenvalue weighted by Crippen LogP contribution is 2.29. The van der Waals surface area contributed by atoms with Crippen molar-refractivity contribution in [3.05, 3.63) is 53.6 Å². The summed E-state index contributed by atoms with van der Waals surface area (Å²) in [4.78, 5) is 0. The zero-order valence-corrected chi connectivity index (χ0v) is 14.2. The first-order chi connectivity index (χ1) is 13.8. The van der Waals surface area contributed by atoms with Gasteiger partial charge in [-0.15, -0.1) is 23.4 Å². The first-order valence-corrected chi connectivity index (χ1v) is 8.03. The summed E-state index contributed by atoms with van der Waals surface area (Å²) in [5, 5.41) is 16.5. The van der Waals surface area contributed by atoms with Crippen LogP contribution in [-0.4, -0.2) is 27.0 Å². The van der Waals surface area contributed by atoms with Crippen LogP contribution in [0, 0.1) is 11.6 Å². The Bertz CT molecular complexity index is 1160. The molecule has 2 heterocycles. The maximum absolute atomic E-state index is 14.4. The summed E-state index contributed by atoms with van der Waals surface area (Å²) < 4.78 is 73.8. The molecule has 0 saturated carbocycles. The van der Waals surface area contributed by atoms with Crippen LogP contribution in [0.1, 0.15) is 5.56 Å². The van der Waals surface area contributed by atoms with Gasteiger partial charge in [0.05, 0.1) is 0 Å². The van der Waals surface area contributed by atoms with E-state index in [1.54, 1.807) is 6.07 Å². The van der Waals surface area contributed by atoms with Crippen LogP contribution >= 0.6 is 0 Å². The number of rotatable bonds is 5. The van der Waals surface area contributed by atoms with Gasteiger partial charge in [0, 0.05) is 29.2 Å². The van der Waals surface area contributed by atoms with E-state index in [4.69, 9.17) is 4.42 Å². The first kappa shape index (κ1) is 18.7. The van der Waals surface area contributed by atoms with E-state index in [-0.39, 0.29) is 23.6 Å². The summed E-state index contributed by atoms with van der Waals surface area (Å²) in [6.45, 7) is -0.0705. The number of hydrogen-bond donors (Lipinski definition) is 2. The van der Waals surface area contributed by atoms with Crippen molar-refractivity contribution in [3.63, 3.8) is 0 Å². The Hall–Kier alpha value is -3.70. The molecule has 29 heavy (non-hydrogen) atoms. The lowest BCUT2D eigenvalue weighted by Gasteiger charge is -2.12. The number of H-pyrrole nitrogens is 1. The summed E-state index contributed by atoms with van der Waals surface area (Å²) in [6, 6.07) is 7.07. The van der Waals surface area contributed by atoms with Crippen molar-refractivity contribution in [3.8, 4) is 17.3 Å². The molecule has 2 aromatic carbocycles. The summed E-state index contributed by atoms with van der Waals surface area (Å²) in [5.41, 5.74) is 0.703. The van der Waals surface area contributed by atoms with Gasteiger partial charge < -0.3 is 14.5 Å². The highest BCUT2D eigenvalue weighted by molar-refractivity contribution is 5.82. The van der Waals surface area contributed by atoms with Gasteiger partial charge in [0.25, 0.3) is 0 Å². The normalized spacial score (nSPS) is 11.8. The van der Waals surface area contributed by atoms with Gasteiger partial charge in [0.15, 0.2) is 17.3 Å². The third kappa shape index (κ3) is 4.10. The van der Waals surface area contributed by atoms with Crippen LogP contribution in [0.3, 0.4) is 0 Å². The van der Waals surface area contributed by atoms with Crippen LogP contribution in [0.4, 0.5) is 27.6 Å². The van der Waals surface area contributed by atoms with E-state index in [9.17, 15) is 22.0 Å². The van der Waals surface area contributed by atoms with Crippen molar-refractivity contribution in [2.45, 2.75) is 12.9 Å². The number of benzene rings is 2. The van der Waals surface area contributed by atoms with Crippen molar-refractivity contribution in [1.82, 2.24) is 20.6 Å². The minimum Gasteiger partial charge on any atom is -0.453 e. The molecule has 12 heteroatoms. The molecule has 2 N–H and O–H groups in total. The van der Waals surface area contributed by atoms with Crippen molar-refractivity contribution >= 4 is 16.7 Å². The average Bonchev–Trinajstić information content (AvgIpc) is 3.30. The Morgan fingerprint density at radius 1 is 1.07 bits per heavy atom. The molecule has 0 radical (unpaired) electrons. The lowest BCUT2D eigenvalue weighted by molar-refractivity contribution is -0.275. The Balaban J connectivity index is 1.52. The van der Waals surface area contributed by atoms with Gasteiger partial charge >= 0.3 is 6.36 Å². The van der Waals surface area contributed by atoms with Gasteiger partial charge in [-0.3, -0.25) is 0 Å². The number of anilines is 1. The molecule has 0 fully saturated rings. The third-order valence-corrected chi connectivity index (χ3v) is 3.89. The lowest BCUT2D eigenvalue weighted by atomic mass is 10.1. The molecule has 0 atom stereocenters. The van der Waals surface area contributed by atoms with Crippen LogP contribution in [0.15, 0.2) is 40.8 Å². The Morgan fingerprint density at radius 3 is 2.59 bits per heavy atom. The van der Waals surface area contributed by atoms with Crippen molar-refractivity contribution < 1.29 is 31.1 Å². The number of nitrogens with one attached hydrogen (secondary N) is 2. The van der Waals surface area contributed by atoms with E-state index in [0.717, 1.165) is 12.1 Å². The average molecular weight is 411 g/mol. The summed E-state index contributed by atoms with van der Waals surface area (Å²) in [7, 11) is 0.